The summed E-state index contributed by atoms with van der Waals surface area (Å²) in [5.74, 6) is -0.400. The molecule has 6 heteroatoms. The molecule has 0 atom stereocenters. The van der Waals surface area contributed by atoms with Gasteiger partial charge in [0.15, 0.2) is 0 Å². The van der Waals surface area contributed by atoms with Gasteiger partial charge in [-0.2, -0.15) is 0 Å². The average Bonchev–Trinajstić information content (AvgIpc) is 2.48. The summed E-state index contributed by atoms with van der Waals surface area (Å²) < 4.78 is 27.3. The first kappa shape index (κ1) is 15.4. The number of carbonyl (C=O) groups is 1. The molecule has 2 rings (SSSR count). The van der Waals surface area contributed by atoms with Crippen molar-refractivity contribution in [3.05, 3.63) is 12.2 Å². The van der Waals surface area contributed by atoms with E-state index < -0.39 is 12.1 Å². The van der Waals surface area contributed by atoms with Gasteiger partial charge in [-0.05, 0) is 19.8 Å². The van der Waals surface area contributed by atoms with Crippen LogP contribution in [-0.2, 0) is 28.5 Å². The zero-order chi connectivity index (χ0) is 14.6. The lowest BCUT2D eigenvalue weighted by atomic mass is 9.87. The van der Waals surface area contributed by atoms with E-state index in [9.17, 15) is 4.79 Å². The van der Waals surface area contributed by atoms with Gasteiger partial charge in [0.2, 0.25) is 0 Å². The van der Waals surface area contributed by atoms with Crippen LogP contribution in [0.3, 0.4) is 0 Å². The fourth-order valence-corrected chi connectivity index (χ4v) is 1.96. The third-order valence-corrected chi connectivity index (χ3v) is 3.56. The summed E-state index contributed by atoms with van der Waals surface area (Å²) in [5, 5.41) is 0. The van der Waals surface area contributed by atoms with Crippen LogP contribution in [0.1, 0.15) is 26.7 Å². The average molecular weight is 286 g/mol. The Hall–Kier alpha value is -0.950. The molecule has 6 nitrogen and oxygen atoms in total. The van der Waals surface area contributed by atoms with Gasteiger partial charge in [-0.15, -0.1) is 0 Å². The Labute approximate surface area is 119 Å². The van der Waals surface area contributed by atoms with Crippen molar-refractivity contribution < 1.29 is 28.5 Å². The van der Waals surface area contributed by atoms with E-state index in [2.05, 4.69) is 6.58 Å². The second kappa shape index (κ2) is 6.22. The molecule has 2 heterocycles. The third-order valence-electron chi connectivity index (χ3n) is 3.56. The quantitative estimate of drug-likeness (QED) is 0.578. The molecule has 0 aromatic rings. The van der Waals surface area contributed by atoms with E-state index in [1.54, 1.807) is 6.92 Å². The maximum absolute atomic E-state index is 11.5. The monoisotopic (exact) mass is 286 g/mol. The number of esters is 1. The zero-order valence-electron chi connectivity index (χ0n) is 12.1. The number of carbonyl (C=O) groups excluding carboxylic acids is 1. The molecule has 0 aromatic carbocycles. The molecule has 0 amide bonds. The highest BCUT2D eigenvalue weighted by Crippen LogP contribution is 2.35. The van der Waals surface area contributed by atoms with Crippen molar-refractivity contribution in [1.29, 1.82) is 0 Å². The van der Waals surface area contributed by atoms with Crippen molar-refractivity contribution in [3.8, 4) is 0 Å². The summed E-state index contributed by atoms with van der Waals surface area (Å²) in [6.07, 6.45) is 0.214. The topological polar surface area (TPSA) is 63.2 Å². The van der Waals surface area contributed by atoms with Crippen LogP contribution in [0, 0.1) is 5.41 Å². The predicted molar refractivity (Wildman–Crippen MR) is 69.7 cm³/mol. The molecule has 2 aliphatic rings. The smallest absolute Gasteiger partial charge is 0.412 e. The van der Waals surface area contributed by atoms with Crippen molar-refractivity contribution in [1.82, 2.24) is 0 Å². The normalized spacial score (nSPS) is 24.3. The Bertz CT molecular complexity index is 362. The molecule has 2 aliphatic heterocycles. The summed E-state index contributed by atoms with van der Waals surface area (Å²) in [7, 11) is 0. The van der Waals surface area contributed by atoms with Gasteiger partial charge in [-0.3, -0.25) is 0 Å². The minimum atomic E-state index is -1.37. The maximum atomic E-state index is 11.5. The predicted octanol–water partition coefficient (Wildman–Crippen LogP) is 1.60. The Morgan fingerprint density at radius 1 is 1.20 bits per heavy atom. The molecule has 0 aromatic heterocycles. The first-order valence-corrected chi connectivity index (χ1v) is 6.89. The van der Waals surface area contributed by atoms with Crippen LogP contribution in [0.25, 0.3) is 0 Å². The van der Waals surface area contributed by atoms with Crippen LogP contribution in [0.2, 0.25) is 0 Å². The number of hydrogen-bond donors (Lipinski definition) is 0. The van der Waals surface area contributed by atoms with Crippen molar-refractivity contribution in [2.75, 3.05) is 33.0 Å². The lowest BCUT2D eigenvalue weighted by Crippen LogP contribution is -2.55. The Kier molecular flexibility index (Phi) is 4.80. The summed E-state index contributed by atoms with van der Waals surface area (Å²) in [6.45, 7) is 9.21. The summed E-state index contributed by atoms with van der Waals surface area (Å²) in [5.41, 5.74) is 0.00452. The molecule has 2 saturated heterocycles. The standard InChI is InChI=1S/C14H22O6/c1-4-13(8-16-12(15)11(2)3)9-19-14(20-10-13)17-6-5-7-18-14/h2,4-10H2,1,3H3. The minimum Gasteiger partial charge on any atom is -0.462 e. The highest BCUT2D eigenvalue weighted by Gasteiger charge is 2.48. The second-order valence-corrected chi connectivity index (χ2v) is 5.34. The van der Waals surface area contributed by atoms with E-state index in [4.69, 9.17) is 23.7 Å². The minimum absolute atomic E-state index is 0.227. The fourth-order valence-electron chi connectivity index (χ4n) is 1.96. The Balaban J connectivity index is 1.90. The molecule has 20 heavy (non-hydrogen) atoms. The Morgan fingerprint density at radius 2 is 1.80 bits per heavy atom. The van der Waals surface area contributed by atoms with E-state index >= 15 is 0 Å². The van der Waals surface area contributed by atoms with Crippen molar-refractivity contribution in [3.63, 3.8) is 0 Å². The number of rotatable bonds is 4. The molecule has 1 spiro atoms. The summed E-state index contributed by atoms with van der Waals surface area (Å²) in [4.78, 5) is 11.5. The van der Waals surface area contributed by atoms with Crippen LogP contribution in [-0.4, -0.2) is 45.2 Å². The van der Waals surface area contributed by atoms with E-state index in [0.717, 1.165) is 12.8 Å². The van der Waals surface area contributed by atoms with Gasteiger partial charge in [-0.1, -0.05) is 13.5 Å². The lowest BCUT2D eigenvalue weighted by molar-refractivity contribution is -0.536. The molecule has 0 unspecified atom stereocenters. The van der Waals surface area contributed by atoms with Gasteiger partial charge in [0.25, 0.3) is 0 Å². The second-order valence-electron chi connectivity index (χ2n) is 5.34. The molecule has 0 aliphatic carbocycles. The van der Waals surface area contributed by atoms with Crippen molar-refractivity contribution >= 4 is 5.97 Å². The lowest BCUT2D eigenvalue weighted by Gasteiger charge is -2.45. The maximum Gasteiger partial charge on any atom is 0.412 e. The van der Waals surface area contributed by atoms with Crippen molar-refractivity contribution in [2.24, 2.45) is 5.41 Å². The van der Waals surface area contributed by atoms with Gasteiger partial charge in [0, 0.05) is 5.57 Å². The molecular weight excluding hydrogens is 264 g/mol. The number of ether oxygens (including phenoxy) is 5. The fraction of sp³-hybridized carbons (Fsp3) is 0.786. The van der Waals surface area contributed by atoms with Gasteiger partial charge in [-0.25, -0.2) is 4.79 Å². The van der Waals surface area contributed by atoms with Crippen LogP contribution >= 0.6 is 0 Å². The Morgan fingerprint density at radius 3 is 2.30 bits per heavy atom. The SMILES string of the molecule is C=C(C)C(=O)OCC1(CC)COC2(OCCCO2)OC1. The van der Waals surface area contributed by atoms with E-state index in [-0.39, 0.29) is 12.0 Å². The molecule has 0 N–H and O–H groups in total. The van der Waals surface area contributed by atoms with Crippen LogP contribution in [0.4, 0.5) is 0 Å². The van der Waals surface area contributed by atoms with Gasteiger partial charge in [0.1, 0.15) is 6.61 Å². The van der Waals surface area contributed by atoms with Crippen LogP contribution < -0.4 is 0 Å². The van der Waals surface area contributed by atoms with E-state index in [1.807, 2.05) is 6.92 Å². The van der Waals surface area contributed by atoms with Gasteiger partial charge >= 0.3 is 12.1 Å². The highest BCUT2D eigenvalue weighted by molar-refractivity contribution is 5.86. The molecule has 114 valence electrons. The van der Waals surface area contributed by atoms with E-state index in [0.29, 0.717) is 32.0 Å². The largest absolute Gasteiger partial charge is 0.462 e. The molecule has 2 fully saturated rings. The van der Waals surface area contributed by atoms with Gasteiger partial charge < -0.3 is 23.7 Å². The van der Waals surface area contributed by atoms with Gasteiger partial charge in [0.05, 0.1) is 31.8 Å². The summed E-state index contributed by atoms with van der Waals surface area (Å²) >= 11 is 0. The zero-order valence-corrected chi connectivity index (χ0v) is 12.1. The van der Waals surface area contributed by atoms with Crippen LogP contribution in [0.5, 0.6) is 0 Å². The first-order valence-electron chi connectivity index (χ1n) is 6.89. The summed E-state index contributed by atoms with van der Waals surface area (Å²) in [6, 6.07) is 0. The molecule has 0 radical (unpaired) electrons. The van der Waals surface area contributed by atoms with E-state index in [1.165, 1.54) is 0 Å². The van der Waals surface area contributed by atoms with Crippen LogP contribution in [0.15, 0.2) is 12.2 Å². The molecular formula is C14H22O6. The number of hydrogen-bond acceptors (Lipinski definition) is 6. The highest BCUT2D eigenvalue weighted by atomic mass is 17.0. The first-order chi connectivity index (χ1) is 9.51. The third kappa shape index (κ3) is 3.38. The van der Waals surface area contributed by atoms with Crippen molar-refractivity contribution in [2.45, 2.75) is 32.8 Å². The molecule has 0 bridgehead atoms. The molecule has 0 saturated carbocycles.